The lowest BCUT2D eigenvalue weighted by atomic mass is 9.86. The van der Waals surface area contributed by atoms with Crippen molar-refractivity contribution in [1.82, 2.24) is 9.80 Å². The van der Waals surface area contributed by atoms with Crippen LogP contribution in [0, 0.1) is 0 Å². The molecule has 0 spiro atoms. The number of rotatable bonds is 5. The lowest BCUT2D eigenvalue weighted by Gasteiger charge is -2.29. The average molecular weight is 539 g/mol. The van der Waals surface area contributed by atoms with Crippen LogP contribution in [0.1, 0.15) is 60.5 Å². The largest absolute Gasteiger partial charge is 0.450 e. The van der Waals surface area contributed by atoms with Gasteiger partial charge in [-0.15, -0.1) is 0 Å². The molecule has 3 aromatic rings. The van der Waals surface area contributed by atoms with Crippen LogP contribution in [0.4, 0.5) is 0 Å². The van der Waals surface area contributed by atoms with Crippen LogP contribution >= 0.6 is 15.9 Å². The van der Waals surface area contributed by atoms with E-state index in [9.17, 15) is 9.59 Å². The van der Waals surface area contributed by atoms with Crippen molar-refractivity contribution in [2.75, 3.05) is 39.4 Å². The van der Waals surface area contributed by atoms with Crippen LogP contribution in [0.5, 0.6) is 0 Å². The lowest BCUT2D eigenvalue weighted by molar-refractivity contribution is 0.0353. The van der Waals surface area contributed by atoms with Crippen molar-refractivity contribution >= 4 is 32.8 Å². The third-order valence-corrected chi connectivity index (χ3v) is 7.49. The predicted molar refractivity (Wildman–Crippen MR) is 140 cm³/mol. The highest BCUT2D eigenvalue weighted by atomic mass is 79.9. The molecule has 2 aliphatic rings. The highest BCUT2D eigenvalue weighted by Gasteiger charge is 2.42. The third kappa shape index (κ3) is 4.69. The van der Waals surface area contributed by atoms with Crippen molar-refractivity contribution in [1.29, 1.82) is 0 Å². The Labute approximate surface area is 214 Å². The molecule has 1 atom stereocenters. The SMILES string of the molecule is CC(C)(C)c1ccc(C2c3c(oc4ccc(Br)cc4c3=O)C(=O)N2CCCN2CCOCC2)cc1. The van der Waals surface area contributed by atoms with Crippen LogP contribution in [0.15, 0.2) is 56.1 Å². The minimum atomic E-state index is -0.462. The van der Waals surface area contributed by atoms with Gasteiger partial charge in [0.1, 0.15) is 5.58 Å². The summed E-state index contributed by atoms with van der Waals surface area (Å²) in [6, 6.07) is 13.2. The molecule has 184 valence electrons. The number of benzene rings is 2. The van der Waals surface area contributed by atoms with E-state index in [-0.39, 0.29) is 22.5 Å². The lowest BCUT2D eigenvalue weighted by Crippen LogP contribution is -2.38. The molecule has 1 saturated heterocycles. The van der Waals surface area contributed by atoms with Crippen molar-refractivity contribution in [3.05, 3.63) is 79.6 Å². The maximum absolute atomic E-state index is 13.7. The molecular formula is C28H31BrN2O4. The summed E-state index contributed by atoms with van der Waals surface area (Å²) >= 11 is 3.46. The second kappa shape index (κ2) is 9.52. The van der Waals surface area contributed by atoms with Gasteiger partial charge in [0.2, 0.25) is 5.76 Å². The van der Waals surface area contributed by atoms with E-state index in [1.165, 1.54) is 5.56 Å². The Hall–Kier alpha value is -2.48. The average Bonchev–Trinajstić information content (AvgIpc) is 3.12. The van der Waals surface area contributed by atoms with E-state index in [4.69, 9.17) is 9.15 Å². The standard InChI is InChI=1S/C28H31BrN2O4/c1-28(2,3)19-7-5-18(6-8-19)24-23-25(32)21-17-20(29)9-10-22(21)35-26(23)27(33)31(24)12-4-11-30-13-15-34-16-14-30/h5-10,17,24H,4,11-16H2,1-3H3. The minimum Gasteiger partial charge on any atom is -0.450 e. The molecular weight excluding hydrogens is 508 g/mol. The molecule has 1 aromatic heterocycles. The molecule has 2 aliphatic heterocycles. The Morgan fingerprint density at radius 2 is 1.71 bits per heavy atom. The Bertz CT molecular complexity index is 1300. The summed E-state index contributed by atoms with van der Waals surface area (Å²) in [5, 5.41) is 0.484. The molecule has 7 heteroatoms. The van der Waals surface area contributed by atoms with E-state index >= 15 is 0 Å². The summed E-state index contributed by atoms with van der Waals surface area (Å²) in [5.41, 5.74) is 2.88. The number of halogens is 1. The molecule has 5 rings (SSSR count). The monoisotopic (exact) mass is 538 g/mol. The van der Waals surface area contributed by atoms with Gasteiger partial charge < -0.3 is 14.1 Å². The summed E-state index contributed by atoms with van der Waals surface area (Å²) in [6.45, 7) is 11.3. The first-order chi connectivity index (χ1) is 16.7. The molecule has 0 bridgehead atoms. The van der Waals surface area contributed by atoms with Gasteiger partial charge in [-0.05, 0) is 41.2 Å². The van der Waals surface area contributed by atoms with E-state index in [2.05, 4.69) is 53.7 Å². The molecule has 1 unspecified atom stereocenters. The summed E-state index contributed by atoms with van der Waals surface area (Å²) in [7, 11) is 0. The van der Waals surface area contributed by atoms with Gasteiger partial charge in [0.15, 0.2) is 5.43 Å². The van der Waals surface area contributed by atoms with E-state index in [0.29, 0.717) is 23.1 Å². The highest BCUT2D eigenvalue weighted by molar-refractivity contribution is 9.10. The third-order valence-electron chi connectivity index (χ3n) is 7.00. The zero-order valence-electron chi connectivity index (χ0n) is 20.5. The van der Waals surface area contributed by atoms with Crippen molar-refractivity contribution in [2.45, 2.75) is 38.6 Å². The van der Waals surface area contributed by atoms with Crippen LogP contribution in [-0.2, 0) is 10.2 Å². The molecule has 2 aromatic carbocycles. The van der Waals surface area contributed by atoms with Gasteiger partial charge in [-0.25, -0.2) is 0 Å². The minimum absolute atomic E-state index is 0.0152. The van der Waals surface area contributed by atoms with Gasteiger partial charge >= 0.3 is 0 Å². The van der Waals surface area contributed by atoms with Crippen LogP contribution in [-0.4, -0.2) is 55.1 Å². The number of carbonyl (C=O) groups is 1. The van der Waals surface area contributed by atoms with Crippen molar-refractivity contribution < 1.29 is 13.9 Å². The maximum Gasteiger partial charge on any atom is 0.290 e. The summed E-state index contributed by atoms with van der Waals surface area (Å²) in [6.07, 6.45) is 0.815. The van der Waals surface area contributed by atoms with E-state index in [1.807, 2.05) is 23.1 Å². The zero-order valence-corrected chi connectivity index (χ0v) is 22.1. The Morgan fingerprint density at radius 3 is 2.40 bits per heavy atom. The van der Waals surface area contributed by atoms with Crippen molar-refractivity contribution in [2.24, 2.45) is 0 Å². The maximum atomic E-state index is 13.7. The van der Waals surface area contributed by atoms with Gasteiger partial charge in [-0.2, -0.15) is 0 Å². The van der Waals surface area contributed by atoms with Crippen molar-refractivity contribution in [3.63, 3.8) is 0 Å². The number of fused-ring (bicyclic) bond motifs is 2. The molecule has 0 aliphatic carbocycles. The summed E-state index contributed by atoms with van der Waals surface area (Å²) < 4.78 is 12.3. The number of ether oxygens (including phenoxy) is 1. The van der Waals surface area contributed by atoms with Crippen LogP contribution in [0.2, 0.25) is 0 Å². The van der Waals surface area contributed by atoms with Crippen molar-refractivity contribution in [3.8, 4) is 0 Å². The Balaban J connectivity index is 1.54. The quantitative estimate of drug-likeness (QED) is 0.451. The number of hydrogen-bond acceptors (Lipinski definition) is 5. The van der Waals surface area contributed by atoms with Gasteiger partial charge in [0.05, 0.1) is 30.2 Å². The number of morpholine rings is 1. The second-order valence-corrected chi connectivity index (χ2v) is 11.3. The predicted octanol–water partition coefficient (Wildman–Crippen LogP) is 5.12. The molecule has 0 radical (unpaired) electrons. The van der Waals surface area contributed by atoms with Crippen LogP contribution < -0.4 is 5.43 Å². The normalized spacial score (nSPS) is 18.9. The van der Waals surface area contributed by atoms with Gasteiger partial charge in [0, 0.05) is 30.7 Å². The first kappa shape index (κ1) is 24.2. The topological polar surface area (TPSA) is 63.0 Å². The zero-order chi connectivity index (χ0) is 24.7. The smallest absolute Gasteiger partial charge is 0.290 e. The van der Waals surface area contributed by atoms with E-state index < -0.39 is 6.04 Å². The molecule has 3 heterocycles. The highest BCUT2D eigenvalue weighted by Crippen LogP contribution is 2.39. The van der Waals surface area contributed by atoms with Gasteiger partial charge in [-0.3, -0.25) is 14.5 Å². The van der Waals surface area contributed by atoms with Crippen LogP contribution in [0.25, 0.3) is 11.0 Å². The van der Waals surface area contributed by atoms with Gasteiger partial charge in [-0.1, -0.05) is 61.0 Å². The van der Waals surface area contributed by atoms with E-state index in [0.717, 1.165) is 49.3 Å². The number of nitrogens with zero attached hydrogens (tertiary/aromatic N) is 2. The number of hydrogen-bond donors (Lipinski definition) is 0. The number of amides is 1. The molecule has 1 fully saturated rings. The van der Waals surface area contributed by atoms with Crippen LogP contribution in [0.3, 0.4) is 0 Å². The molecule has 0 N–H and O–H groups in total. The van der Waals surface area contributed by atoms with Gasteiger partial charge in [0.25, 0.3) is 5.91 Å². The molecule has 6 nitrogen and oxygen atoms in total. The fourth-order valence-electron chi connectivity index (χ4n) is 5.02. The van der Waals surface area contributed by atoms with E-state index in [1.54, 1.807) is 12.1 Å². The number of carbonyl (C=O) groups excluding carboxylic acids is 1. The summed E-state index contributed by atoms with van der Waals surface area (Å²) in [5.74, 6) is -0.0464. The molecule has 35 heavy (non-hydrogen) atoms. The Morgan fingerprint density at radius 1 is 1.00 bits per heavy atom. The first-order valence-corrected chi connectivity index (χ1v) is 13.0. The fraction of sp³-hybridized carbons (Fsp3) is 0.429. The second-order valence-electron chi connectivity index (χ2n) is 10.4. The summed E-state index contributed by atoms with van der Waals surface area (Å²) in [4.78, 5) is 31.5. The Kier molecular flexibility index (Phi) is 6.59. The fourth-order valence-corrected chi connectivity index (χ4v) is 5.39. The first-order valence-electron chi connectivity index (χ1n) is 12.2. The molecule has 0 saturated carbocycles. The molecule has 1 amide bonds.